The molecule has 0 unspecified atom stereocenters. The Hall–Kier alpha value is -1.93. The van der Waals surface area contributed by atoms with E-state index in [4.69, 9.17) is 5.21 Å². The molecule has 0 aromatic carbocycles. The lowest BCUT2D eigenvalue weighted by Gasteiger charge is -1.81. The zero-order valence-corrected chi connectivity index (χ0v) is 4.33. The van der Waals surface area contributed by atoms with Crippen molar-refractivity contribution in [1.29, 1.82) is 0 Å². The number of nitrogens with zero attached hydrogens (tertiary/aromatic N) is 3. The third-order valence-electron chi connectivity index (χ3n) is 0.498. The first-order valence-corrected chi connectivity index (χ1v) is 1.78. The number of rotatable bonds is 0. The molecule has 0 fully saturated rings. The van der Waals surface area contributed by atoms with Crippen LogP contribution in [-0.4, -0.2) is 25.9 Å². The molecule has 0 amide bonds. The van der Waals surface area contributed by atoms with Gasteiger partial charge in [-0.3, -0.25) is 0 Å². The highest BCUT2D eigenvalue weighted by Gasteiger charge is 2.42. The number of guanidine groups is 1. The molecular weight excluding hydrogens is 150 g/mol. The lowest BCUT2D eigenvalue weighted by atomic mass is 11.1. The Bertz CT molecular complexity index is 185. The molecule has 1 N–H and O–H groups in total. The molecule has 9 heteroatoms. The van der Waals surface area contributed by atoms with E-state index in [0.717, 1.165) is 0 Å². The maximum Gasteiger partial charge on any atom is 0.866 e. The summed E-state index contributed by atoms with van der Waals surface area (Å²) in [5.74, 6) is -2.03. The van der Waals surface area contributed by atoms with Crippen molar-refractivity contribution in [3.05, 3.63) is 25.4 Å². The molecule has 0 aromatic heterocycles. The maximum atomic E-state index is 9.58. The molecule has 0 bridgehead atoms. The summed E-state index contributed by atoms with van der Waals surface area (Å²) in [6.45, 7) is 0. The third kappa shape index (κ3) is 1.54. The van der Waals surface area contributed by atoms with Gasteiger partial charge in [-0.1, -0.05) is 0 Å². The van der Waals surface area contributed by atoms with Gasteiger partial charge in [-0.25, -0.2) is 25.4 Å². The summed E-state index contributed by atoms with van der Waals surface area (Å²) in [7, 11) is 0. The van der Waals surface area contributed by atoms with E-state index in [2.05, 4.69) is 0 Å². The van der Waals surface area contributed by atoms with Gasteiger partial charge in [0.05, 0.1) is 0 Å². The predicted octanol–water partition coefficient (Wildman–Crippen LogP) is -1.20. The quantitative estimate of drug-likeness (QED) is 0.115. The van der Waals surface area contributed by atoms with Crippen LogP contribution in [0.4, 0.5) is 0 Å². The van der Waals surface area contributed by atoms with Crippen molar-refractivity contribution in [3.8, 4) is 0 Å². The zero-order valence-electron chi connectivity index (χ0n) is 4.33. The van der Waals surface area contributed by atoms with E-state index in [1.54, 1.807) is 0 Å². The minimum absolute atomic E-state index is 1.42. The number of nitro groups is 2. The van der Waals surface area contributed by atoms with Gasteiger partial charge >= 0.3 is 5.96 Å². The van der Waals surface area contributed by atoms with Gasteiger partial charge in [0.2, 0.25) is 9.85 Å². The van der Waals surface area contributed by atoms with Gasteiger partial charge in [0.15, 0.2) is 4.90 Å². The average Bonchev–Trinajstić information content (AvgIpc) is 1.59. The summed E-state index contributed by atoms with van der Waals surface area (Å²) < 4.78 is 0. The lowest BCUT2D eigenvalue weighted by molar-refractivity contribution is -0.780. The van der Waals surface area contributed by atoms with Gasteiger partial charge < -0.3 is 5.21 Å². The molecule has 0 spiro atoms. The maximum absolute atomic E-state index is 9.58. The highest BCUT2D eigenvalue weighted by Crippen LogP contribution is 1.78. The summed E-state index contributed by atoms with van der Waals surface area (Å²) in [5.41, 5.74) is 0. The molecule has 0 heterocycles. The molecule has 0 aromatic rings. The van der Waals surface area contributed by atoms with E-state index in [1.807, 2.05) is 0 Å². The molecule has 0 saturated heterocycles. The lowest BCUT2D eigenvalue weighted by Crippen LogP contribution is -2.29. The first-order chi connectivity index (χ1) is 4.46. The molecule has 0 saturated carbocycles. The molecule has 0 aliphatic heterocycles. The van der Waals surface area contributed by atoms with E-state index in [-0.39, 0.29) is 0 Å². The van der Waals surface area contributed by atoms with Crippen LogP contribution >= 0.6 is 0 Å². The van der Waals surface area contributed by atoms with Gasteiger partial charge in [-0.05, 0) is 0 Å². The second-order valence-electron chi connectivity index (χ2n) is 1.09. The zero-order chi connectivity index (χ0) is 8.31. The molecule has 56 valence electrons. The van der Waals surface area contributed by atoms with E-state index in [1.165, 1.54) is 0 Å². The Morgan fingerprint density at radius 1 is 1.10 bits per heavy atom. The van der Waals surface area contributed by atoms with Crippen LogP contribution in [-0.2, 0) is 0 Å². The molecular formula is CHN3O6. The predicted molar refractivity (Wildman–Crippen MR) is 24.4 cm³/mol. The van der Waals surface area contributed by atoms with Gasteiger partial charge in [-0.15, -0.1) is 0 Å². The fraction of sp³-hybridized carbons (Fsp3) is 0. The van der Waals surface area contributed by atoms with Crippen LogP contribution in [0.15, 0.2) is 0 Å². The Morgan fingerprint density at radius 3 is 1.40 bits per heavy atom. The normalized spacial score (nSPS) is 8.40. The Labute approximate surface area is 52.6 Å². The summed E-state index contributed by atoms with van der Waals surface area (Å²) in [6.07, 6.45) is 0. The van der Waals surface area contributed by atoms with Crippen LogP contribution in [0.25, 0.3) is 0 Å². The average molecular weight is 151 g/mol. The minimum atomic E-state index is -2.03. The van der Waals surface area contributed by atoms with Crippen LogP contribution in [0.2, 0.25) is 0 Å². The van der Waals surface area contributed by atoms with Gasteiger partial charge in [0.25, 0.3) is 0 Å². The molecule has 0 aliphatic rings. The van der Waals surface area contributed by atoms with Gasteiger partial charge in [0.1, 0.15) is 0 Å². The minimum Gasteiger partial charge on any atom is -0.407 e. The van der Waals surface area contributed by atoms with Crippen LogP contribution in [0.1, 0.15) is 0 Å². The van der Waals surface area contributed by atoms with Crippen molar-refractivity contribution >= 4 is 5.96 Å². The van der Waals surface area contributed by atoms with Crippen LogP contribution < -0.4 is 0 Å². The fourth-order valence-corrected chi connectivity index (χ4v) is 0.206. The molecule has 10 heavy (non-hydrogen) atoms. The second-order valence-corrected chi connectivity index (χ2v) is 1.09. The first kappa shape index (κ1) is 8.07. The summed E-state index contributed by atoms with van der Waals surface area (Å²) in [4.78, 5) is 14.4. The number of hydrogen-bond donors (Lipinski definition) is 1. The number of hydrogen-bond acceptors (Lipinski definition) is 6. The van der Waals surface area contributed by atoms with Crippen molar-refractivity contribution in [3.63, 3.8) is 0 Å². The van der Waals surface area contributed by atoms with Crippen LogP contribution in [0, 0.1) is 25.4 Å². The first-order valence-electron chi connectivity index (χ1n) is 1.78. The molecule has 0 radical (unpaired) electrons. The fourth-order valence-electron chi connectivity index (χ4n) is 0.206. The van der Waals surface area contributed by atoms with E-state index >= 15 is 0 Å². The third-order valence-corrected chi connectivity index (χ3v) is 0.498. The summed E-state index contributed by atoms with van der Waals surface area (Å²) >= 11 is 0. The van der Waals surface area contributed by atoms with Crippen molar-refractivity contribution in [2.24, 2.45) is 0 Å². The Balaban J connectivity index is 4.79. The summed E-state index contributed by atoms with van der Waals surface area (Å²) in [6, 6.07) is 0. The highest BCUT2D eigenvalue weighted by molar-refractivity contribution is 5.55. The summed E-state index contributed by atoms with van der Waals surface area (Å²) in [5, 5.41) is 36.3. The van der Waals surface area contributed by atoms with Crippen molar-refractivity contribution in [1.82, 2.24) is 0 Å². The van der Waals surface area contributed by atoms with Crippen molar-refractivity contribution < 1.29 is 20.0 Å². The topological polar surface area (TPSA) is 133 Å². The molecule has 0 atom stereocenters. The van der Waals surface area contributed by atoms with Gasteiger partial charge in [-0.2, -0.15) is 0 Å². The standard InChI is InChI=1S/CHN3O6/c5-2(6)1(3(7)8)4(9)10/h(H,5,6). The second kappa shape index (κ2) is 2.57. The molecule has 9 nitrogen and oxygen atoms in total. The molecule has 0 rings (SSSR count). The van der Waals surface area contributed by atoms with E-state index < -0.39 is 20.7 Å². The monoisotopic (exact) mass is 151 g/mol. The van der Waals surface area contributed by atoms with Gasteiger partial charge in [0, 0.05) is 0 Å². The smallest absolute Gasteiger partial charge is 0.407 e. The SMILES string of the molecule is O=[N+]([O-])C([N+](=O)[O-])=[N+]([O-])O. The Kier molecular flexibility index (Phi) is 2.07. The van der Waals surface area contributed by atoms with Crippen LogP contribution in [0.3, 0.4) is 0 Å². The van der Waals surface area contributed by atoms with E-state index in [0.29, 0.717) is 0 Å². The largest absolute Gasteiger partial charge is 0.866 e. The molecule has 0 aliphatic carbocycles. The van der Waals surface area contributed by atoms with Crippen molar-refractivity contribution in [2.45, 2.75) is 0 Å². The van der Waals surface area contributed by atoms with Crippen molar-refractivity contribution in [2.75, 3.05) is 0 Å². The highest BCUT2D eigenvalue weighted by atomic mass is 16.8. The van der Waals surface area contributed by atoms with Crippen LogP contribution in [0.5, 0.6) is 0 Å². The Morgan fingerprint density at radius 2 is 1.40 bits per heavy atom. The van der Waals surface area contributed by atoms with E-state index in [9.17, 15) is 25.4 Å².